The maximum absolute atomic E-state index is 13.4. The van der Waals surface area contributed by atoms with E-state index in [0.717, 1.165) is 62.2 Å². The van der Waals surface area contributed by atoms with Crippen LogP contribution in [-0.4, -0.2) is 50.5 Å². The average Bonchev–Trinajstić information content (AvgIpc) is 3.46. The van der Waals surface area contributed by atoms with Crippen molar-refractivity contribution < 1.29 is 19.3 Å². The molecule has 3 aromatic rings. The number of hydrogen-bond donors (Lipinski definition) is 2. The normalized spacial score (nSPS) is 33.7. The number of phenols is 1. The largest absolute Gasteiger partial charge is 0.504 e. The minimum absolute atomic E-state index is 0.0654. The van der Waals surface area contributed by atoms with Crippen LogP contribution in [0.5, 0.6) is 11.5 Å². The Labute approximate surface area is 216 Å². The van der Waals surface area contributed by atoms with E-state index in [1.54, 1.807) is 6.07 Å². The van der Waals surface area contributed by atoms with Crippen LogP contribution < -0.4 is 4.74 Å². The lowest BCUT2D eigenvalue weighted by atomic mass is 9.48. The van der Waals surface area contributed by atoms with E-state index >= 15 is 0 Å². The van der Waals surface area contributed by atoms with Gasteiger partial charge in [-0.05, 0) is 98.4 Å². The first-order valence-corrected chi connectivity index (χ1v) is 13.9. The zero-order chi connectivity index (χ0) is 24.9. The summed E-state index contributed by atoms with van der Waals surface area (Å²) in [5.41, 5.74) is 3.18. The molecule has 1 aromatic heterocycles. The average molecular weight is 501 g/mol. The second-order valence-electron chi connectivity index (χ2n) is 12.2. The predicted molar refractivity (Wildman–Crippen MR) is 137 cm³/mol. The smallest absolute Gasteiger partial charge is 0.165 e. The maximum Gasteiger partial charge on any atom is 0.165 e. The highest BCUT2D eigenvalue weighted by Gasteiger charge is 2.73. The van der Waals surface area contributed by atoms with Crippen LogP contribution in [-0.2, 0) is 18.3 Å². The number of phenolic OH excluding ortho intramolecular Hbond substituents is 1. The Morgan fingerprint density at radius 1 is 1.00 bits per heavy atom. The van der Waals surface area contributed by atoms with Crippen molar-refractivity contribution in [2.75, 3.05) is 13.1 Å². The van der Waals surface area contributed by atoms with Crippen molar-refractivity contribution in [2.45, 2.75) is 74.1 Å². The van der Waals surface area contributed by atoms with E-state index in [-0.39, 0.29) is 29.8 Å². The Morgan fingerprint density at radius 2 is 1.84 bits per heavy atom. The van der Waals surface area contributed by atoms with Gasteiger partial charge < -0.3 is 19.5 Å². The Morgan fingerprint density at radius 3 is 2.65 bits per heavy atom. The molecule has 3 heterocycles. The number of halogens is 1. The van der Waals surface area contributed by atoms with Crippen LogP contribution in [0, 0.1) is 11.7 Å². The molecule has 5 nitrogen and oxygen atoms in total. The number of ether oxygens (including phenoxy) is 1. The molecule has 2 aromatic carbocycles. The fraction of sp³-hybridized carbons (Fsp3) is 0.484. The number of hydrogen-bond acceptors (Lipinski definition) is 4. The second-order valence-corrected chi connectivity index (χ2v) is 12.2. The molecule has 3 fully saturated rings. The summed E-state index contributed by atoms with van der Waals surface area (Å²) in [6, 6.07) is 12.8. The summed E-state index contributed by atoms with van der Waals surface area (Å²) < 4.78 is 22.4. The summed E-state index contributed by atoms with van der Waals surface area (Å²) in [5, 5.41) is 23.5. The molecule has 2 bridgehead atoms. The molecule has 2 aliphatic heterocycles. The third-order valence-corrected chi connectivity index (χ3v) is 10.2. The van der Waals surface area contributed by atoms with Gasteiger partial charge in [0.15, 0.2) is 11.5 Å². The second kappa shape index (κ2) is 7.61. The third kappa shape index (κ3) is 3.03. The van der Waals surface area contributed by atoms with Crippen LogP contribution in [0.25, 0.3) is 0 Å². The van der Waals surface area contributed by atoms with Gasteiger partial charge in [0.2, 0.25) is 0 Å². The molecular formula is C31H33FN2O3. The van der Waals surface area contributed by atoms with Gasteiger partial charge in [-0.1, -0.05) is 18.2 Å². The van der Waals surface area contributed by atoms with Crippen molar-refractivity contribution in [3.63, 3.8) is 0 Å². The van der Waals surface area contributed by atoms with Gasteiger partial charge in [0.25, 0.3) is 0 Å². The van der Waals surface area contributed by atoms with Crippen LogP contribution >= 0.6 is 0 Å². The monoisotopic (exact) mass is 500 g/mol. The minimum atomic E-state index is -0.864. The molecule has 5 aliphatic rings. The molecule has 6 heteroatoms. The molecule has 2 N–H and O–H groups in total. The van der Waals surface area contributed by atoms with Crippen molar-refractivity contribution >= 4 is 0 Å². The van der Waals surface area contributed by atoms with Crippen molar-refractivity contribution in [3.05, 3.63) is 82.9 Å². The summed E-state index contributed by atoms with van der Waals surface area (Å²) in [6.07, 6.45) is 10.7. The topological polar surface area (TPSA) is 57.9 Å². The first-order valence-electron chi connectivity index (χ1n) is 13.9. The van der Waals surface area contributed by atoms with Crippen LogP contribution in [0.2, 0.25) is 0 Å². The number of nitrogens with zero attached hydrogens (tertiary/aromatic N) is 2. The van der Waals surface area contributed by atoms with Gasteiger partial charge >= 0.3 is 0 Å². The Kier molecular flexibility index (Phi) is 4.56. The van der Waals surface area contributed by atoms with Crippen molar-refractivity contribution in [1.82, 2.24) is 9.47 Å². The quantitative estimate of drug-likeness (QED) is 0.532. The molecule has 1 saturated heterocycles. The number of likely N-dealkylation sites (tertiary alicyclic amines) is 1. The summed E-state index contributed by atoms with van der Waals surface area (Å²) in [6.45, 7) is 2.05. The van der Waals surface area contributed by atoms with E-state index in [2.05, 4.69) is 34.0 Å². The Balaban J connectivity index is 1.18. The van der Waals surface area contributed by atoms with E-state index in [1.165, 1.54) is 36.1 Å². The lowest BCUT2D eigenvalue weighted by Gasteiger charge is -2.64. The van der Waals surface area contributed by atoms with Gasteiger partial charge in [-0.2, -0.15) is 0 Å². The molecule has 0 radical (unpaired) electrons. The molecule has 2 saturated carbocycles. The predicted octanol–water partition coefficient (Wildman–Crippen LogP) is 4.73. The Hall–Kier alpha value is -2.83. The van der Waals surface area contributed by atoms with E-state index in [0.29, 0.717) is 5.75 Å². The summed E-state index contributed by atoms with van der Waals surface area (Å²) in [7, 11) is 0. The number of aromatic hydroxyl groups is 1. The molecule has 8 rings (SSSR count). The van der Waals surface area contributed by atoms with Gasteiger partial charge in [-0.25, -0.2) is 4.39 Å². The van der Waals surface area contributed by atoms with Crippen molar-refractivity contribution in [1.29, 1.82) is 0 Å². The number of benzene rings is 2. The Bertz CT molecular complexity index is 1380. The van der Waals surface area contributed by atoms with E-state index in [4.69, 9.17) is 4.74 Å². The van der Waals surface area contributed by atoms with E-state index < -0.39 is 11.0 Å². The van der Waals surface area contributed by atoms with Crippen LogP contribution in [0.15, 0.2) is 54.9 Å². The van der Waals surface area contributed by atoms with Crippen LogP contribution in [0.4, 0.5) is 4.39 Å². The molecule has 5 atom stereocenters. The number of piperidine rings is 1. The zero-order valence-electron chi connectivity index (χ0n) is 20.9. The molecular weight excluding hydrogens is 467 g/mol. The lowest BCUT2D eigenvalue weighted by Crippen LogP contribution is -2.76. The van der Waals surface area contributed by atoms with Crippen molar-refractivity contribution in [3.8, 4) is 11.5 Å². The van der Waals surface area contributed by atoms with Gasteiger partial charge in [0.1, 0.15) is 11.9 Å². The lowest BCUT2D eigenvalue weighted by molar-refractivity contribution is -0.195. The number of rotatable bonds is 5. The summed E-state index contributed by atoms with van der Waals surface area (Å²) in [5.74, 6) is 1.35. The fourth-order valence-electron chi connectivity index (χ4n) is 8.37. The SMILES string of the molecule is Oc1ccc2c3c1O[C@H]1[C@@H](n4ccc(Cc5ccc(F)cc5)c4)CC[C@@]4(O)[C@@H](C2)N(CC2CC2)CC[C@]314. The number of aromatic nitrogens is 1. The third-order valence-electron chi connectivity index (χ3n) is 10.2. The number of aliphatic hydroxyl groups is 1. The van der Waals surface area contributed by atoms with Crippen molar-refractivity contribution in [2.24, 2.45) is 5.92 Å². The highest BCUT2D eigenvalue weighted by molar-refractivity contribution is 5.62. The van der Waals surface area contributed by atoms with Gasteiger partial charge in [-0.15, -0.1) is 0 Å². The highest BCUT2D eigenvalue weighted by atomic mass is 19.1. The first-order chi connectivity index (χ1) is 18.0. The van der Waals surface area contributed by atoms with Gasteiger partial charge in [0.05, 0.1) is 17.1 Å². The minimum Gasteiger partial charge on any atom is -0.504 e. The molecule has 0 unspecified atom stereocenters. The standard InChI is InChI=1S/C31H33FN2O3/c32-23-6-3-19(4-7-23)15-21-10-13-33(18-21)24-9-11-31(36)26-16-22-5-8-25(35)28-27(22)30(31,29(24)37-28)12-14-34(26)17-20-1-2-20/h3-8,10,13,18,20,24,26,29,35-36H,1-2,9,11-12,14-17H2/t24-,26+,29-,30-,31+/m0/s1. The maximum atomic E-state index is 13.4. The zero-order valence-corrected chi connectivity index (χ0v) is 20.9. The van der Waals surface area contributed by atoms with Crippen LogP contribution in [0.1, 0.15) is 60.4 Å². The summed E-state index contributed by atoms with van der Waals surface area (Å²) >= 11 is 0. The summed E-state index contributed by atoms with van der Waals surface area (Å²) in [4.78, 5) is 2.57. The molecule has 37 heavy (non-hydrogen) atoms. The molecule has 3 aliphatic carbocycles. The van der Waals surface area contributed by atoms with Crippen LogP contribution in [0.3, 0.4) is 0 Å². The first kappa shape index (κ1) is 22.2. The molecule has 192 valence electrons. The van der Waals surface area contributed by atoms with E-state index in [9.17, 15) is 14.6 Å². The van der Waals surface area contributed by atoms with Gasteiger partial charge in [-0.3, -0.25) is 4.90 Å². The molecule has 0 amide bonds. The van der Waals surface area contributed by atoms with E-state index in [1.807, 2.05) is 12.1 Å². The fourth-order valence-corrected chi connectivity index (χ4v) is 8.37. The highest BCUT2D eigenvalue weighted by Crippen LogP contribution is 2.67. The molecule has 1 spiro atoms. The van der Waals surface area contributed by atoms with Gasteiger partial charge in [0, 0.05) is 30.5 Å².